The summed E-state index contributed by atoms with van der Waals surface area (Å²) in [6.07, 6.45) is 0. The maximum absolute atomic E-state index is 13.3. The minimum atomic E-state index is -0.927. The van der Waals surface area contributed by atoms with Gasteiger partial charge in [-0.2, -0.15) is 0 Å². The average molecular weight is 555 g/mol. The van der Waals surface area contributed by atoms with Gasteiger partial charge in [-0.3, -0.25) is 14.5 Å². The molecule has 1 N–H and O–H groups in total. The molecule has 1 atom stereocenters. The van der Waals surface area contributed by atoms with Crippen molar-refractivity contribution in [2.75, 3.05) is 11.5 Å². The number of thiazole rings is 1. The molecule has 1 amide bonds. The molecule has 4 rings (SSSR count). The number of amides is 1. The minimum absolute atomic E-state index is 0.0310. The van der Waals surface area contributed by atoms with Crippen molar-refractivity contribution in [2.45, 2.75) is 33.7 Å². The summed E-state index contributed by atoms with van der Waals surface area (Å²) in [7, 11) is 0. The predicted octanol–water partition coefficient (Wildman–Crippen LogP) is 5.63. The Labute approximate surface area is 215 Å². The smallest absolute Gasteiger partial charge is 0.350 e. The summed E-state index contributed by atoms with van der Waals surface area (Å²) in [4.78, 5) is 45.0. The fraction of sp³-hybridized carbons (Fsp3) is 0.231. The Morgan fingerprint density at radius 2 is 1.83 bits per heavy atom. The first-order valence-corrected chi connectivity index (χ1v) is 12.5. The quantitative estimate of drug-likeness (QED) is 0.190. The van der Waals surface area contributed by atoms with E-state index in [4.69, 9.17) is 4.74 Å². The second-order valence-electron chi connectivity index (χ2n) is 8.17. The molecule has 9 heteroatoms. The number of benzene rings is 2. The fourth-order valence-electron chi connectivity index (χ4n) is 4.00. The van der Waals surface area contributed by atoms with Crippen molar-refractivity contribution in [1.82, 2.24) is 4.98 Å². The number of nitrogens with zero attached hydrogens (tertiary/aromatic N) is 2. The topological polar surface area (TPSA) is 96.8 Å². The zero-order chi connectivity index (χ0) is 25.4. The van der Waals surface area contributed by atoms with Crippen molar-refractivity contribution in [3.8, 4) is 0 Å². The summed E-state index contributed by atoms with van der Waals surface area (Å²) < 4.78 is 5.93. The summed E-state index contributed by atoms with van der Waals surface area (Å²) in [6.45, 7) is 7.26. The normalized spacial score (nSPS) is 17.2. The number of carbonyl (C=O) groups excluding carboxylic acids is 3. The van der Waals surface area contributed by atoms with Crippen molar-refractivity contribution in [3.05, 3.63) is 85.3 Å². The molecule has 0 bridgehead atoms. The van der Waals surface area contributed by atoms with Gasteiger partial charge in [0.2, 0.25) is 0 Å². The van der Waals surface area contributed by atoms with Crippen LogP contribution >= 0.6 is 27.3 Å². The van der Waals surface area contributed by atoms with E-state index in [0.29, 0.717) is 16.8 Å². The Bertz CT molecular complexity index is 1380. The number of hydrogen-bond acceptors (Lipinski definition) is 7. The van der Waals surface area contributed by atoms with E-state index in [0.717, 1.165) is 26.9 Å². The third kappa shape index (κ3) is 4.53. The number of anilines is 1. The molecule has 1 aliphatic heterocycles. The minimum Gasteiger partial charge on any atom is -0.507 e. The molecule has 0 saturated carbocycles. The van der Waals surface area contributed by atoms with Crippen molar-refractivity contribution in [2.24, 2.45) is 0 Å². The summed E-state index contributed by atoms with van der Waals surface area (Å²) in [5.41, 5.74) is 3.13. The maximum atomic E-state index is 13.3. The molecule has 0 radical (unpaired) electrons. The highest BCUT2D eigenvalue weighted by Crippen LogP contribution is 2.44. The van der Waals surface area contributed by atoms with E-state index in [1.54, 1.807) is 44.2 Å². The molecule has 180 valence electrons. The molecule has 7 nitrogen and oxygen atoms in total. The molecule has 2 heterocycles. The van der Waals surface area contributed by atoms with Crippen LogP contribution in [0.1, 0.15) is 50.6 Å². The number of esters is 1. The highest BCUT2D eigenvalue weighted by molar-refractivity contribution is 9.10. The number of ketones is 1. The molecule has 35 heavy (non-hydrogen) atoms. The molecule has 2 aromatic carbocycles. The molecule has 1 saturated heterocycles. The van der Waals surface area contributed by atoms with Gasteiger partial charge in [-0.1, -0.05) is 57.1 Å². The van der Waals surface area contributed by atoms with Crippen LogP contribution in [0.2, 0.25) is 0 Å². The average Bonchev–Trinajstić information content (AvgIpc) is 3.33. The van der Waals surface area contributed by atoms with Gasteiger partial charge in [0.25, 0.3) is 5.78 Å². The van der Waals surface area contributed by atoms with Crippen molar-refractivity contribution >= 4 is 55.8 Å². The monoisotopic (exact) mass is 554 g/mol. The highest BCUT2D eigenvalue weighted by Gasteiger charge is 2.48. The lowest BCUT2D eigenvalue weighted by atomic mass is 9.93. The third-order valence-corrected chi connectivity index (χ3v) is 7.40. The van der Waals surface area contributed by atoms with Crippen LogP contribution in [0.3, 0.4) is 0 Å². The van der Waals surface area contributed by atoms with E-state index in [9.17, 15) is 19.5 Å². The second kappa shape index (κ2) is 9.75. The van der Waals surface area contributed by atoms with Crippen LogP contribution in [0.5, 0.6) is 0 Å². The van der Waals surface area contributed by atoms with E-state index < -0.39 is 23.7 Å². The summed E-state index contributed by atoms with van der Waals surface area (Å²) in [5.74, 6) is -2.43. The maximum Gasteiger partial charge on any atom is 0.350 e. The fourth-order valence-corrected chi connectivity index (χ4v) is 5.25. The van der Waals surface area contributed by atoms with Gasteiger partial charge in [0.15, 0.2) is 5.13 Å². The number of aliphatic hydroxyl groups excluding tert-OH is 1. The van der Waals surface area contributed by atoms with E-state index in [1.807, 2.05) is 26.0 Å². The number of aliphatic hydroxyl groups is 1. The van der Waals surface area contributed by atoms with Crippen LogP contribution in [-0.4, -0.2) is 34.4 Å². The van der Waals surface area contributed by atoms with E-state index in [1.165, 1.54) is 4.90 Å². The van der Waals surface area contributed by atoms with Gasteiger partial charge in [-0.25, -0.2) is 9.78 Å². The van der Waals surface area contributed by atoms with Crippen LogP contribution in [0.4, 0.5) is 5.13 Å². The van der Waals surface area contributed by atoms with Crippen LogP contribution in [0.15, 0.2) is 52.5 Å². The summed E-state index contributed by atoms with van der Waals surface area (Å²) in [5, 5.41) is 11.5. The highest BCUT2D eigenvalue weighted by atomic mass is 79.9. The number of aryl methyl sites for hydroxylation is 3. The Balaban J connectivity index is 1.94. The van der Waals surface area contributed by atoms with E-state index in [-0.39, 0.29) is 27.9 Å². The molecule has 0 spiro atoms. The van der Waals surface area contributed by atoms with E-state index >= 15 is 0 Å². The van der Waals surface area contributed by atoms with Crippen molar-refractivity contribution in [1.29, 1.82) is 0 Å². The number of ether oxygens (including phenoxy) is 1. The van der Waals surface area contributed by atoms with Gasteiger partial charge in [0.1, 0.15) is 10.6 Å². The second-order valence-corrected chi connectivity index (χ2v) is 10.1. The number of Topliss-reactive ketones (excluding diaryl/α,β-unsaturated/α-hetero) is 1. The molecule has 1 aromatic heterocycles. The lowest BCUT2D eigenvalue weighted by Gasteiger charge is -2.23. The van der Waals surface area contributed by atoms with Gasteiger partial charge < -0.3 is 9.84 Å². The van der Waals surface area contributed by atoms with Crippen LogP contribution in [-0.2, 0) is 14.3 Å². The largest absolute Gasteiger partial charge is 0.507 e. The Kier molecular flexibility index (Phi) is 6.91. The first kappa shape index (κ1) is 24.8. The number of aromatic nitrogens is 1. The molecular weight excluding hydrogens is 532 g/mol. The SMILES string of the molecule is CCOC(=O)c1sc(N2C(=O)C(=O)/C(=C(/O)c3cc(C)ccc3C)C2c2ccc(Br)cc2)nc1C. The zero-order valence-corrected chi connectivity index (χ0v) is 22.0. The van der Waals surface area contributed by atoms with Gasteiger partial charge in [-0.15, -0.1) is 0 Å². The number of rotatable bonds is 5. The van der Waals surface area contributed by atoms with Crippen LogP contribution in [0, 0.1) is 20.8 Å². The molecule has 1 unspecified atom stereocenters. The van der Waals surface area contributed by atoms with Crippen LogP contribution < -0.4 is 4.90 Å². The van der Waals surface area contributed by atoms with Gasteiger partial charge >= 0.3 is 11.9 Å². The van der Waals surface area contributed by atoms with Gasteiger partial charge in [-0.05, 0) is 57.0 Å². The standard InChI is InChI=1S/C26H23BrN2O5S/c1-5-34-25(33)23-15(4)28-26(35-23)29-20(16-8-10-17(27)11-9-16)19(22(31)24(29)32)21(30)18-12-13(2)6-7-14(18)3/h6-12,20,30H,5H2,1-4H3/b21-19+. The Morgan fingerprint density at radius 1 is 1.14 bits per heavy atom. The third-order valence-electron chi connectivity index (χ3n) is 5.73. The van der Waals surface area contributed by atoms with Crippen molar-refractivity contribution < 1.29 is 24.2 Å². The van der Waals surface area contributed by atoms with Crippen molar-refractivity contribution in [3.63, 3.8) is 0 Å². The molecule has 1 aliphatic rings. The van der Waals surface area contributed by atoms with Gasteiger partial charge in [0.05, 0.1) is 23.9 Å². The summed E-state index contributed by atoms with van der Waals surface area (Å²) in [6, 6.07) is 11.8. The molecule has 1 fully saturated rings. The Morgan fingerprint density at radius 3 is 2.49 bits per heavy atom. The predicted molar refractivity (Wildman–Crippen MR) is 138 cm³/mol. The first-order chi connectivity index (χ1) is 16.6. The first-order valence-electron chi connectivity index (χ1n) is 10.9. The lowest BCUT2D eigenvalue weighted by Crippen LogP contribution is -2.29. The molecule has 3 aromatic rings. The van der Waals surface area contributed by atoms with Crippen LogP contribution in [0.25, 0.3) is 5.76 Å². The van der Waals surface area contributed by atoms with E-state index in [2.05, 4.69) is 20.9 Å². The number of carbonyl (C=O) groups is 3. The van der Waals surface area contributed by atoms with Gasteiger partial charge in [0, 0.05) is 10.0 Å². The number of hydrogen-bond donors (Lipinski definition) is 1. The summed E-state index contributed by atoms with van der Waals surface area (Å²) >= 11 is 4.39. The molecule has 0 aliphatic carbocycles. The Hall–Kier alpha value is -3.30. The molecular formula is C26H23BrN2O5S. The number of halogens is 1. The lowest BCUT2D eigenvalue weighted by molar-refractivity contribution is -0.132. The zero-order valence-electron chi connectivity index (χ0n) is 19.6.